The smallest absolute Gasteiger partial charge is 0.0230 e. The molecule has 0 aliphatic rings. The maximum Gasteiger partial charge on any atom is 0.0230 e. The molecule has 0 amide bonds. The SMILES string of the molecule is [2H]C([2H])([2H])CCC. The Kier molecular flexibility index (Phi) is 0.750. The van der Waals surface area contributed by atoms with Gasteiger partial charge in [0, 0.05) is 4.11 Å². The van der Waals surface area contributed by atoms with E-state index >= 15 is 0 Å². The molecule has 0 aliphatic heterocycles. The Balaban J connectivity index is 3.15. The van der Waals surface area contributed by atoms with Gasteiger partial charge in [0.25, 0.3) is 0 Å². The topological polar surface area (TPSA) is 0 Å². The summed E-state index contributed by atoms with van der Waals surface area (Å²) in [4.78, 5) is 0. The van der Waals surface area contributed by atoms with Crippen LogP contribution < -0.4 is 0 Å². The first-order valence-corrected chi connectivity index (χ1v) is 1.56. The molecule has 0 unspecified atom stereocenters. The van der Waals surface area contributed by atoms with Crippen molar-refractivity contribution < 1.29 is 4.11 Å². The second-order valence-corrected chi connectivity index (χ2v) is 0.750. The molecule has 0 aromatic carbocycles. The van der Waals surface area contributed by atoms with Crippen LogP contribution in [-0.4, -0.2) is 0 Å². The van der Waals surface area contributed by atoms with Gasteiger partial charge in [-0.2, -0.15) is 0 Å². The second kappa shape index (κ2) is 3.00. The fourth-order valence-corrected chi connectivity index (χ4v) is 0. The second-order valence-electron chi connectivity index (χ2n) is 0.750. The summed E-state index contributed by atoms with van der Waals surface area (Å²) in [6, 6.07) is 0. The van der Waals surface area contributed by atoms with Gasteiger partial charge in [0.15, 0.2) is 0 Å². The Labute approximate surface area is 32.0 Å². The lowest BCUT2D eigenvalue weighted by molar-refractivity contribution is 0.886. The number of hydrogen-bond donors (Lipinski definition) is 0. The molecule has 0 heteroatoms. The van der Waals surface area contributed by atoms with E-state index in [1.54, 1.807) is 0 Å². The van der Waals surface area contributed by atoms with E-state index in [-0.39, 0.29) is 0 Å². The van der Waals surface area contributed by atoms with E-state index in [0.29, 0.717) is 6.42 Å². The van der Waals surface area contributed by atoms with Crippen molar-refractivity contribution in [3.8, 4) is 0 Å². The van der Waals surface area contributed by atoms with Crippen molar-refractivity contribution in [2.75, 3.05) is 0 Å². The zero-order valence-corrected chi connectivity index (χ0v) is 2.91. The summed E-state index contributed by atoms with van der Waals surface area (Å²) < 4.78 is 20.0. The third kappa shape index (κ3) is 2.00. The van der Waals surface area contributed by atoms with Crippen molar-refractivity contribution in [2.24, 2.45) is 0 Å². The molecule has 0 nitrogen and oxygen atoms in total. The lowest BCUT2D eigenvalue weighted by Crippen LogP contribution is -1.47. The molecule has 4 heavy (non-hydrogen) atoms. The third-order valence-corrected chi connectivity index (χ3v) is 0.250. The summed E-state index contributed by atoms with van der Waals surface area (Å²) >= 11 is 0. The van der Waals surface area contributed by atoms with Gasteiger partial charge in [0.2, 0.25) is 0 Å². The number of hydrogen-bond acceptors (Lipinski definition) is 0. The van der Waals surface area contributed by atoms with E-state index < -0.39 is 6.85 Å². The minimum atomic E-state index is -1.70. The van der Waals surface area contributed by atoms with Gasteiger partial charge in [-0.1, -0.05) is 26.6 Å². The summed E-state index contributed by atoms with van der Waals surface area (Å²) in [7, 11) is 0. The first-order chi connectivity index (χ1) is 3.06. The van der Waals surface area contributed by atoms with Crippen LogP contribution in [0.4, 0.5) is 0 Å². The molecule has 0 atom stereocenters. The average molecular weight is 61.1 g/mol. The summed E-state index contributed by atoms with van der Waals surface area (Å²) in [5.74, 6) is 0. The Morgan fingerprint density at radius 1 is 1.75 bits per heavy atom. The minimum absolute atomic E-state index is 0.340. The fourth-order valence-electron chi connectivity index (χ4n) is 0. The van der Waals surface area contributed by atoms with Crippen LogP contribution in [0.2, 0.25) is 0 Å². The van der Waals surface area contributed by atoms with Crippen molar-refractivity contribution in [1.82, 2.24) is 0 Å². The van der Waals surface area contributed by atoms with E-state index in [2.05, 4.69) is 0 Å². The largest absolute Gasteiger partial charge is 0.0654 e. The maximum atomic E-state index is 6.67. The van der Waals surface area contributed by atoms with Crippen LogP contribution in [0.15, 0.2) is 0 Å². The first kappa shape index (κ1) is 1.00. The van der Waals surface area contributed by atoms with Crippen molar-refractivity contribution in [1.29, 1.82) is 0 Å². The van der Waals surface area contributed by atoms with Gasteiger partial charge in [-0.15, -0.1) is 0 Å². The normalized spacial score (nSPS) is 21.8. The quantitative estimate of drug-likeness (QED) is 0.433. The zero-order valence-electron chi connectivity index (χ0n) is 5.91. The molecule has 0 saturated carbocycles. The highest BCUT2D eigenvalue weighted by atomic mass is 13.6. The molecule has 0 fully saturated rings. The number of rotatable bonds is 1. The molecule has 0 aromatic rings. The van der Waals surface area contributed by atoms with Crippen LogP contribution in [-0.2, 0) is 0 Å². The van der Waals surface area contributed by atoms with Crippen LogP contribution in [0.5, 0.6) is 0 Å². The summed E-state index contributed by atoms with van der Waals surface area (Å²) in [5, 5.41) is 0. The Bertz CT molecular complexity index is 45.4. The molecule has 0 heterocycles. The highest BCUT2D eigenvalue weighted by molar-refractivity contribution is 4.12. The molecule has 0 radical (unpaired) electrons. The molecular formula is C4H10. The van der Waals surface area contributed by atoms with Gasteiger partial charge in [-0.3, -0.25) is 0 Å². The molecule has 0 saturated heterocycles. The van der Waals surface area contributed by atoms with E-state index in [4.69, 9.17) is 4.11 Å². The van der Waals surface area contributed by atoms with Crippen LogP contribution in [0.25, 0.3) is 0 Å². The van der Waals surface area contributed by atoms with Gasteiger partial charge >= 0.3 is 0 Å². The standard InChI is InChI=1S/C4H10/c1-3-4-2/h3-4H2,1-2H3/i1D3. The zero-order chi connectivity index (χ0) is 5.91. The van der Waals surface area contributed by atoms with Crippen molar-refractivity contribution in [3.05, 3.63) is 0 Å². The summed E-state index contributed by atoms with van der Waals surface area (Å²) in [6.45, 7) is 0.168. The van der Waals surface area contributed by atoms with E-state index in [1.165, 1.54) is 0 Å². The molecule has 0 N–H and O–H groups in total. The molecule has 0 bridgehead atoms. The van der Waals surface area contributed by atoms with Crippen LogP contribution in [0.1, 0.15) is 30.7 Å². The summed E-state index contributed by atoms with van der Waals surface area (Å²) in [6.07, 6.45) is 1.09. The van der Waals surface area contributed by atoms with Gasteiger partial charge in [0.05, 0.1) is 0 Å². The molecule has 0 aliphatic carbocycles. The predicted octanol–water partition coefficient (Wildman–Crippen LogP) is 1.81. The molecule has 26 valence electrons. The summed E-state index contributed by atoms with van der Waals surface area (Å²) in [5.41, 5.74) is 0. The lowest BCUT2D eigenvalue weighted by Gasteiger charge is -1.68. The molecule has 0 aromatic heterocycles. The predicted molar refractivity (Wildman–Crippen MR) is 20.6 cm³/mol. The van der Waals surface area contributed by atoms with Crippen molar-refractivity contribution >= 4 is 0 Å². The van der Waals surface area contributed by atoms with E-state index in [0.717, 1.165) is 6.42 Å². The third-order valence-electron chi connectivity index (χ3n) is 0.250. The van der Waals surface area contributed by atoms with Crippen LogP contribution >= 0.6 is 0 Å². The minimum Gasteiger partial charge on any atom is -0.0654 e. The Morgan fingerprint density at radius 3 is 2.50 bits per heavy atom. The molecule has 0 rings (SSSR count). The lowest BCUT2D eigenvalue weighted by atomic mass is 10.4. The molecular weight excluding hydrogens is 48.0 g/mol. The van der Waals surface area contributed by atoms with Gasteiger partial charge in [-0.25, -0.2) is 0 Å². The highest BCUT2D eigenvalue weighted by Crippen LogP contribution is 1.76. The monoisotopic (exact) mass is 61.1 g/mol. The van der Waals surface area contributed by atoms with Gasteiger partial charge in [-0.05, 0) is 0 Å². The van der Waals surface area contributed by atoms with Crippen molar-refractivity contribution in [3.63, 3.8) is 0 Å². The first-order valence-electron chi connectivity index (χ1n) is 3.06. The fraction of sp³-hybridized carbons (Fsp3) is 1.00. The maximum absolute atomic E-state index is 6.67. The Morgan fingerprint density at radius 2 is 2.50 bits per heavy atom. The van der Waals surface area contributed by atoms with Crippen molar-refractivity contribution in [2.45, 2.75) is 26.6 Å². The van der Waals surface area contributed by atoms with E-state index in [1.807, 2.05) is 6.92 Å². The average Bonchev–Trinajstić information content (AvgIpc) is 1.30. The highest BCUT2D eigenvalue weighted by Gasteiger charge is 1.56. The van der Waals surface area contributed by atoms with E-state index in [9.17, 15) is 0 Å². The van der Waals surface area contributed by atoms with Gasteiger partial charge < -0.3 is 0 Å². The van der Waals surface area contributed by atoms with Crippen LogP contribution in [0, 0.1) is 0 Å². The Hall–Kier alpha value is 0. The van der Waals surface area contributed by atoms with Gasteiger partial charge in [0.1, 0.15) is 0 Å². The molecule has 0 spiro atoms. The van der Waals surface area contributed by atoms with Crippen LogP contribution in [0.3, 0.4) is 0 Å².